The molecule has 0 aliphatic carbocycles. The number of hydrogen-bond acceptors (Lipinski definition) is 7. The van der Waals surface area contributed by atoms with Crippen LogP contribution < -0.4 is 10.1 Å². The molecule has 0 saturated heterocycles. The van der Waals surface area contributed by atoms with Gasteiger partial charge in [-0.3, -0.25) is 9.59 Å². The summed E-state index contributed by atoms with van der Waals surface area (Å²) in [4.78, 5) is 32.6. The molecule has 2 amide bonds. The van der Waals surface area contributed by atoms with Crippen LogP contribution in [0.2, 0.25) is 0 Å². The number of rotatable bonds is 7. The fraction of sp³-hybridized carbons (Fsp3) is 0.304. The van der Waals surface area contributed by atoms with E-state index in [4.69, 9.17) is 4.74 Å². The van der Waals surface area contributed by atoms with Crippen LogP contribution in [0.5, 0.6) is 5.88 Å². The Morgan fingerprint density at radius 2 is 2.03 bits per heavy atom. The molecule has 14 heteroatoms. The molecule has 0 saturated carbocycles. The van der Waals surface area contributed by atoms with Crippen LogP contribution in [-0.4, -0.2) is 78.9 Å². The maximum Gasteiger partial charge on any atom is 0.422 e. The highest BCUT2D eigenvalue weighted by Gasteiger charge is 2.31. The van der Waals surface area contributed by atoms with E-state index in [9.17, 15) is 22.8 Å². The Labute approximate surface area is 207 Å². The van der Waals surface area contributed by atoms with Gasteiger partial charge in [0.25, 0.3) is 11.8 Å². The number of carbonyl (C=O) groups excluding carboxylic acids is 2. The molecule has 0 unspecified atom stereocenters. The molecule has 0 spiro atoms. The van der Waals surface area contributed by atoms with Crippen molar-refractivity contribution in [1.29, 1.82) is 0 Å². The van der Waals surface area contributed by atoms with Crippen molar-refractivity contribution in [1.82, 2.24) is 40.0 Å². The zero-order valence-electron chi connectivity index (χ0n) is 19.6. The van der Waals surface area contributed by atoms with E-state index in [0.717, 1.165) is 0 Å². The van der Waals surface area contributed by atoms with Gasteiger partial charge in [0.05, 0.1) is 16.6 Å². The smallest absolute Gasteiger partial charge is 0.422 e. The highest BCUT2D eigenvalue weighted by molar-refractivity contribution is 6.00. The van der Waals surface area contributed by atoms with Crippen molar-refractivity contribution in [2.75, 3.05) is 26.2 Å². The molecule has 11 nitrogen and oxygen atoms in total. The van der Waals surface area contributed by atoms with E-state index in [0.29, 0.717) is 46.8 Å². The summed E-state index contributed by atoms with van der Waals surface area (Å²) in [7, 11) is 0. The number of fused-ring (bicyclic) bond motifs is 3. The number of pyridine rings is 1. The van der Waals surface area contributed by atoms with E-state index in [1.807, 2.05) is 0 Å². The van der Waals surface area contributed by atoms with E-state index >= 15 is 0 Å². The number of nitrogens with zero attached hydrogens (tertiary/aromatic N) is 7. The van der Waals surface area contributed by atoms with Crippen LogP contribution >= 0.6 is 0 Å². The summed E-state index contributed by atoms with van der Waals surface area (Å²) in [5, 5.41) is 15.0. The molecule has 1 aromatic carbocycles. The van der Waals surface area contributed by atoms with Gasteiger partial charge in [0.2, 0.25) is 5.88 Å². The molecule has 0 fully saturated rings. The van der Waals surface area contributed by atoms with Crippen LogP contribution in [0, 0.1) is 6.92 Å². The molecule has 4 heterocycles. The predicted molar refractivity (Wildman–Crippen MR) is 123 cm³/mol. The molecule has 3 aromatic heterocycles. The molecule has 0 radical (unpaired) electrons. The fourth-order valence-corrected chi connectivity index (χ4v) is 4.11. The third kappa shape index (κ3) is 5.08. The van der Waals surface area contributed by atoms with Crippen molar-refractivity contribution in [3.05, 3.63) is 59.7 Å². The number of aryl methyl sites for hydroxylation is 1. The Hall–Kier alpha value is -4.49. The molecule has 0 atom stereocenters. The van der Waals surface area contributed by atoms with Gasteiger partial charge in [-0.15, -0.1) is 15.0 Å². The van der Waals surface area contributed by atoms with Gasteiger partial charge in [-0.05, 0) is 42.5 Å². The maximum absolute atomic E-state index is 13.1. The highest BCUT2D eigenvalue weighted by atomic mass is 19.4. The highest BCUT2D eigenvalue weighted by Crippen LogP contribution is 2.30. The predicted octanol–water partition coefficient (Wildman–Crippen LogP) is 2.15. The van der Waals surface area contributed by atoms with Crippen LogP contribution in [0.4, 0.5) is 13.2 Å². The molecule has 192 valence electrons. The zero-order chi connectivity index (χ0) is 26.2. The van der Waals surface area contributed by atoms with Crippen molar-refractivity contribution < 1.29 is 27.5 Å². The number of halogens is 3. The van der Waals surface area contributed by atoms with E-state index in [1.165, 1.54) is 17.1 Å². The lowest BCUT2D eigenvalue weighted by molar-refractivity contribution is -0.153. The summed E-state index contributed by atoms with van der Waals surface area (Å²) in [5.74, 6) is -0.300. The summed E-state index contributed by atoms with van der Waals surface area (Å²) >= 11 is 0. The number of benzene rings is 1. The molecule has 37 heavy (non-hydrogen) atoms. The van der Waals surface area contributed by atoms with Crippen LogP contribution in [0.15, 0.2) is 42.6 Å². The molecule has 1 N–H and O–H groups in total. The van der Waals surface area contributed by atoms with Crippen molar-refractivity contribution >= 4 is 22.7 Å². The number of ether oxygens (including phenoxy) is 1. The summed E-state index contributed by atoms with van der Waals surface area (Å²) in [5.41, 5.74) is 1.87. The second-order valence-corrected chi connectivity index (χ2v) is 8.36. The van der Waals surface area contributed by atoms with Gasteiger partial charge in [-0.1, -0.05) is 6.07 Å². The molecule has 1 aliphatic heterocycles. The SMILES string of the molecule is Cc1nnn(-c2cccc(C(=O)NCCN3CCn4c(cc5c(OCC(F)(F)F)nccc54)C3=O)c2)n1. The summed E-state index contributed by atoms with van der Waals surface area (Å²) in [6.07, 6.45) is -3.16. The topological polar surface area (TPSA) is 120 Å². The number of amides is 2. The number of nitrogens with one attached hydrogen (secondary N) is 1. The van der Waals surface area contributed by atoms with Gasteiger partial charge in [0, 0.05) is 37.9 Å². The lowest BCUT2D eigenvalue weighted by Gasteiger charge is -2.28. The molecular weight excluding hydrogens is 493 g/mol. The third-order valence-corrected chi connectivity index (χ3v) is 5.79. The Balaban J connectivity index is 1.23. The van der Waals surface area contributed by atoms with Gasteiger partial charge in [0.1, 0.15) is 5.69 Å². The van der Waals surface area contributed by atoms with Gasteiger partial charge in [-0.2, -0.15) is 13.2 Å². The van der Waals surface area contributed by atoms with E-state index < -0.39 is 12.8 Å². The van der Waals surface area contributed by atoms with E-state index in [1.54, 1.807) is 46.7 Å². The first-order valence-electron chi connectivity index (χ1n) is 11.3. The van der Waals surface area contributed by atoms with Crippen LogP contribution in [0.1, 0.15) is 26.7 Å². The van der Waals surface area contributed by atoms with E-state index in [2.05, 4.69) is 25.7 Å². The van der Waals surface area contributed by atoms with Crippen molar-refractivity contribution in [2.24, 2.45) is 0 Å². The minimum Gasteiger partial charge on any atom is -0.468 e. The van der Waals surface area contributed by atoms with Gasteiger partial charge in [-0.25, -0.2) is 4.98 Å². The number of hydrogen-bond donors (Lipinski definition) is 1. The van der Waals surface area contributed by atoms with E-state index in [-0.39, 0.29) is 30.8 Å². The second kappa shape index (κ2) is 9.52. The van der Waals surface area contributed by atoms with Gasteiger partial charge in [0.15, 0.2) is 12.4 Å². The summed E-state index contributed by atoms with van der Waals surface area (Å²) < 4.78 is 44.4. The second-order valence-electron chi connectivity index (χ2n) is 8.36. The third-order valence-electron chi connectivity index (χ3n) is 5.79. The molecule has 0 bridgehead atoms. The Kier molecular flexibility index (Phi) is 6.23. The molecule has 5 rings (SSSR count). The number of alkyl halides is 3. The first-order valence-corrected chi connectivity index (χ1v) is 11.3. The average Bonchev–Trinajstić information content (AvgIpc) is 3.48. The maximum atomic E-state index is 13.1. The van der Waals surface area contributed by atoms with Crippen molar-refractivity contribution in [3.63, 3.8) is 0 Å². The summed E-state index contributed by atoms with van der Waals surface area (Å²) in [6, 6.07) is 9.86. The van der Waals surface area contributed by atoms with Crippen molar-refractivity contribution in [3.8, 4) is 11.6 Å². The Morgan fingerprint density at radius 1 is 1.19 bits per heavy atom. The fourth-order valence-electron chi connectivity index (χ4n) is 4.11. The average molecular weight is 514 g/mol. The largest absolute Gasteiger partial charge is 0.468 e. The van der Waals surface area contributed by atoms with Gasteiger partial charge >= 0.3 is 6.18 Å². The lowest BCUT2D eigenvalue weighted by Crippen LogP contribution is -2.44. The number of tetrazole rings is 1. The molecular formula is C23H21F3N8O3. The van der Waals surface area contributed by atoms with Gasteiger partial charge < -0.3 is 19.5 Å². The standard InChI is InChI=1S/C23H21F3N8O3/c1-14-29-31-34(30-14)16-4-2-3-15(11-16)20(35)27-7-8-32-9-10-33-18-5-6-28-21(37-13-23(24,25)26)17(18)12-19(33)22(32)36/h2-6,11-12H,7-10,13H2,1H3,(H,27,35). The van der Waals surface area contributed by atoms with Crippen LogP contribution in [0.3, 0.4) is 0 Å². The first kappa shape index (κ1) is 24.2. The number of aromatic nitrogens is 6. The molecule has 4 aromatic rings. The quantitative estimate of drug-likeness (QED) is 0.401. The monoisotopic (exact) mass is 514 g/mol. The summed E-state index contributed by atoms with van der Waals surface area (Å²) in [6.45, 7) is 1.51. The Bertz CT molecular complexity index is 1480. The van der Waals surface area contributed by atoms with Crippen LogP contribution in [0.25, 0.3) is 16.6 Å². The molecule has 1 aliphatic rings. The zero-order valence-corrected chi connectivity index (χ0v) is 19.6. The first-order chi connectivity index (χ1) is 17.7. The van der Waals surface area contributed by atoms with Crippen molar-refractivity contribution in [2.45, 2.75) is 19.6 Å². The minimum atomic E-state index is -4.51. The number of carbonyl (C=O) groups is 2. The van der Waals surface area contributed by atoms with Crippen LogP contribution in [-0.2, 0) is 6.54 Å². The lowest BCUT2D eigenvalue weighted by atomic mass is 10.2. The Morgan fingerprint density at radius 3 is 2.78 bits per heavy atom. The normalized spacial score (nSPS) is 13.6. The minimum absolute atomic E-state index is 0.179.